The Morgan fingerprint density at radius 1 is 1.14 bits per heavy atom. The molecule has 78 valence electrons. The lowest BCUT2D eigenvalue weighted by Crippen LogP contribution is -2.23. The van der Waals surface area contributed by atoms with E-state index in [-0.39, 0.29) is 5.92 Å². The highest BCUT2D eigenvalue weighted by Gasteiger charge is 2.21. The fraction of sp³-hybridized carbons (Fsp3) is 0.500. The van der Waals surface area contributed by atoms with E-state index in [1.165, 1.54) is 0 Å². The van der Waals surface area contributed by atoms with Gasteiger partial charge in [0.25, 0.3) is 0 Å². The third-order valence-corrected chi connectivity index (χ3v) is 2.66. The minimum atomic E-state index is -0.578. The fourth-order valence-corrected chi connectivity index (χ4v) is 1.54. The van der Waals surface area contributed by atoms with E-state index in [2.05, 4.69) is 0 Å². The Bertz CT molecular complexity index is 258. The topological polar surface area (TPSA) is 40.5 Å². The van der Waals surface area contributed by atoms with Crippen molar-refractivity contribution >= 4 is 0 Å². The van der Waals surface area contributed by atoms with Gasteiger partial charge in [-0.25, -0.2) is 0 Å². The number of aliphatic hydroxyl groups is 2. The van der Waals surface area contributed by atoms with Gasteiger partial charge in [-0.3, -0.25) is 0 Å². The van der Waals surface area contributed by atoms with Crippen molar-refractivity contribution in [2.24, 2.45) is 5.92 Å². The summed E-state index contributed by atoms with van der Waals surface area (Å²) in [5, 5.41) is 19.5. The molecule has 0 amide bonds. The van der Waals surface area contributed by atoms with Gasteiger partial charge in [0.05, 0.1) is 12.2 Å². The van der Waals surface area contributed by atoms with Gasteiger partial charge in [-0.15, -0.1) is 0 Å². The smallest absolute Gasteiger partial charge is 0.0840 e. The van der Waals surface area contributed by atoms with Crippen molar-refractivity contribution in [3.05, 3.63) is 35.9 Å². The van der Waals surface area contributed by atoms with Crippen LogP contribution in [0.4, 0.5) is 0 Å². The van der Waals surface area contributed by atoms with Crippen LogP contribution in [0.25, 0.3) is 0 Å². The summed E-state index contributed by atoms with van der Waals surface area (Å²) in [6.45, 7) is 3.78. The molecule has 0 aliphatic heterocycles. The van der Waals surface area contributed by atoms with Crippen molar-refractivity contribution in [1.29, 1.82) is 0 Å². The normalized spacial score (nSPS) is 17.4. The van der Waals surface area contributed by atoms with Crippen LogP contribution in [-0.4, -0.2) is 16.3 Å². The highest BCUT2D eigenvalue weighted by molar-refractivity contribution is 5.18. The van der Waals surface area contributed by atoms with E-state index in [0.29, 0.717) is 6.42 Å². The predicted octanol–water partition coefficient (Wildman–Crippen LogP) is 2.13. The molecule has 3 atom stereocenters. The molecule has 0 saturated carbocycles. The second-order valence-electron chi connectivity index (χ2n) is 3.69. The van der Waals surface area contributed by atoms with Gasteiger partial charge in [-0.2, -0.15) is 0 Å². The minimum Gasteiger partial charge on any atom is -0.393 e. The molecular formula is C12H18O2. The van der Waals surface area contributed by atoms with Crippen LogP contribution in [0.15, 0.2) is 30.3 Å². The van der Waals surface area contributed by atoms with Gasteiger partial charge < -0.3 is 10.2 Å². The lowest BCUT2D eigenvalue weighted by atomic mass is 9.91. The molecule has 0 aromatic heterocycles. The third kappa shape index (κ3) is 2.56. The van der Waals surface area contributed by atoms with E-state index >= 15 is 0 Å². The van der Waals surface area contributed by atoms with Crippen molar-refractivity contribution < 1.29 is 10.2 Å². The van der Waals surface area contributed by atoms with Crippen molar-refractivity contribution in [1.82, 2.24) is 0 Å². The molecule has 0 fully saturated rings. The minimum absolute atomic E-state index is 0.123. The number of rotatable bonds is 4. The zero-order valence-electron chi connectivity index (χ0n) is 8.72. The Hall–Kier alpha value is -0.860. The number of benzene rings is 1. The highest BCUT2D eigenvalue weighted by atomic mass is 16.3. The summed E-state index contributed by atoms with van der Waals surface area (Å²) in [7, 11) is 0. The van der Waals surface area contributed by atoms with Crippen molar-refractivity contribution in [3.8, 4) is 0 Å². The first-order valence-electron chi connectivity index (χ1n) is 5.08. The lowest BCUT2D eigenvalue weighted by molar-refractivity contribution is 0.0192. The molecule has 0 aliphatic rings. The molecule has 0 saturated heterocycles. The predicted molar refractivity (Wildman–Crippen MR) is 56.9 cm³/mol. The van der Waals surface area contributed by atoms with Crippen molar-refractivity contribution in [3.63, 3.8) is 0 Å². The summed E-state index contributed by atoms with van der Waals surface area (Å²) < 4.78 is 0. The molecule has 0 radical (unpaired) electrons. The first kappa shape index (κ1) is 11.2. The van der Waals surface area contributed by atoms with Gasteiger partial charge in [0.1, 0.15) is 0 Å². The van der Waals surface area contributed by atoms with Crippen LogP contribution in [0.3, 0.4) is 0 Å². The summed E-state index contributed by atoms with van der Waals surface area (Å²) in [6, 6.07) is 9.46. The molecular weight excluding hydrogens is 176 g/mol. The maximum Gasteiger partial charge on any atom is 0.0840 e. The molecule has 0 aliphatic carbocycles. The Kier molecular flexibility index (Phi) is 4.11. The second kappa shape index (κ2) is 5.13. The van der Waals surface area contributed by atoms with Gasteiger partial charge in [0.2, 0.25) is 0 Å². The van der Waals surface area contributed by atoms with Gasteiger partial charge in [-0.1, -0.05) is 44.2 Å². The van der Waals surface area contributed by atoms with Gasteiger partial charge in [0, 0.05) is 5.92 Å². The molecule has 0 unspecified atom stereocenters. The molecule has 2 N–H and O–H groups in total. The van der Waals surface area contributed by atoms with Crippen LogP contribution >= 0.6 is 0 Å². The van der Waals surface area contributed by atoms with Crippen LogP contribution in [0.2, 0.25) is 0 Å². The first-order valence-corrected chi connectivity index (χ1v) is 5.08. The third-order valence-electron chi connectivity index (χ3n) is 2.66. The maximum atomic E-state index is 9.93. The lowest BCUT2D eigenvalue weighted by Gasteiger charge is -2.23. The van der Waals surface area contributed by atoms with Crippen LogP contribution in [0.1, 0.15) is 31.9 Å². The summed E-state index contributed by atoms with van der Waals surface area (Å²) in [5.41, 5.74) is 0.868. The molecule has 0 spiro atoms. The second-order valence-corrected chi connectivity index (χ2v) is 3.69. The molecule has 1 rings (SSSR count). The van der Waals surface area contributed by atoms with Crippen LogP contribution < -0.4 is 0 Å². The Morgan fingerprint density at radius 2 is 1.71 bits per heavy atom. The first-order chi connectivity index (χ1) is 6.66. The van der Waals surface area contributed by atoms with Crippen LogP contribution in [-0.2, 0) is 0 Å². The molecule has 2 heteroatoms. The summed E-state index contributed by atoms with van der Waals surface area (Å²) in [6.07, 6.45) is -0.346. The highest BCUT2D eigenvalue weighted by Crippen LogP contribution is 2.25. The van der Waals surface area contributed by atoms with E-state index in [9.17, 15) is 10.2 Å². The van der Waals surface area contributed by atoms with E-state index in [0.717, 1.165) is 5.56 Å². The van der Waals surface area contributed by atoms with E-state index in [4.69, 9.17) is 0 Å². The average molecular weight is 194 g/mol. The van der Waals surface area contributed by atoms with Crippen LogP contribution in [0.5, 0.6) is 0 Å². The average Bonchev–Trinajstić information content (AvgIpc) is 2.27. The molecule has 1 aromatic rings. The number of hydrogen-bond donors (Lipinski definition) is 2. The van der Waals surface area contributed by atoms with Crippen molar-refractivity contribution in [2.75, 3.05) is 0 Å². The molecule has 2 nitrogen and oxygen atoms in total. The van der Waals surface area contributed by atoms with Gasteiger partial charge in [0.15, 0.2) is 0 Å². The largest absolute Gasteiger partial charge is 0.393 e. The van der Waals surface area contributed by atoms with E-state index < -0.39 is 12.2 Å². The Morgan fingerprint density at radius 3 is 2.21 bits per heavy atom. The fourth-order valence-electron chi connectivity index (χ4n) is 1.54. The van der Waals surface area contributed by atoms with Crippen LogP contribution in [0, 0.1) is 5.92 Å². The zero-order valence-corrected chi connectivity index (χ0v) is 8.72. The molecule has 14 heavy (non-hydrogen) atoms. The standard InChI is InChI=1S/C12H18O2/c1-3-11(13)9(2)12(14)10-7-5-4-6-8-10/h4-9,11-14H,3H2,1-2H3/t9-,11+,12-/m0/s1. The van der Waals surface area contributed by atoms with Gasteiger partial charge >= 0.3 is 0 Å². The van der Waals surface area contributed by atoms with Gasteiger partial charge in [-0.05, 0) is 12.0 Å². The number of hydrogen-bond acceptors (Lipinski definition) is 2. The van der Waals surface area contributed by atoms with E-state index in [1.807, 2.05) is 44.2 Å². The Balaban J connectivity index is 2.70. The summed E-state index contributed by atoms with van der Waals surface area (Å²) in [4.78, 5) is 0. The summed E-state index contributed by atoms with van der Waals surface area (Å²) in [5.74, 6) is -0.123. The quantitative estimate of drug-likeness (QED) is 0.770. The maximum absolute atomic E-state index is 9.93. The molecule has 1 aromatic carbocycles. The monoisotopic (exact) mass is 194 g/mol. The van der Waals surface area contributed by atoms with E-state index in [1.54, 1.807) is 0 Å². The number of aliphatic hydroxyl groups excluding tert-OH is 2. The summed E-state index contributed by atoms with van der Waals surface area (Å²) >= 11 is 0. The zero-order chi connectivity index (χ0) is 10.6. The SMILES string of the molecule is CC[C@@H](O)[C@H](C)[C@H](O)c1ccccc1. The molecule has 0 heterocycles. The Labute approximate surface area is 85.2 Å². The van der Waals surface area contributed by atoms with Crippen molar-refractivity contribution in [2.45, 2.75) is 32.5 Å². The molecule has 0 bridgehead atoms.